The number of halogens is 4. The van der Waals surface area contributed by atoms with Crippen LogP contribution in [0.15, 0.2) is 4.99 Å². The topological polar surface area (TPSA) is 57.2 Å². The van der Waals surface area contributed by atoms with Crippen molar-refractivity contribution in [1.29, 1.82) is 0 Å². The van der Waals surface area contributed by atoms with E-state index in [0.717, 1.165) is 0 Å². The SMILES string of the molecule is CCNC(=NCCN(C)CC(F)(F)F)N1CC(C)C(C(=O)OC)C1.I. The van der Waals surface area contributed by atoms with Crippen LogP contribution >= 0.6 is 24.0 Å². The van der Waals surface area contributed by atoms with Gasteiger partial charge in [0.15, 0.2) is 5.96 Å². The second-order valence-electron chi connectivity index (χ2n) is 6.10. The maximum atomic E-state index is 12.3. The zero-order chi connectivity index (χ0) is 18.3. The summed E-state index contributed by atoms with van der Waals surface area (Å²) < 4.78 is 41.7. The summed E-state index contributed by atoms with van der Waals surface area (Å²) in [5, 5.41) is 3.13. The summed E-state index contributed by atoms with van der Waals surface area (Å²) in [7, 11) is 2.79. The van der Waals surface area contributed by atoms with E-state index >= 15 is 0 Å². The van der Waals surface area contributed by atoms with E-state index in [2.05, 4.69) is 10.3 Å². The van der Waals surface area contributed by atoms with Gasteiger partial charge in [-0.15, -0.1) is 24.0 Å². The Labute approximate surface area is 164 Å². The number of hydrogen-bond donors (Lipinski definition) is 1. The first-order chi connectivity index (χ1) is 11.2. The van der Waals surface area contributed by atoms with Crippen LogP contribution < -0.4 is 5.32 Å². The predicted octanol–water partition coefficient (Wildman–Crippen LogP) is 1.80. The van der Waals surface area contributed by atoms with E-state index in [0.29, 0.717) is 25.6 Å². The highest BCUT2D eigenvalue weighted by Gasteiger charge is 2.36. The Morgan fingerprint density at radius 2 is 2.04 bits per heavy atom. The summed E-state index contributed by atoms with van der Waals surface area (Å²) in [4.78, 5) is 19.3. The zero-order valence-electron chi connectivity index (χ0n) is 15.1. The van der Waals surface area contributed by atoms with Crippen LogP contribution in [0.1, 0.15) is 13.8 Å². The number of carbonyl (C=O) groups excluding carboxylic acids is 1. The number of rotatable bonds is 6. The molecule has 1 fully saturated rings. The highest BCUT2D eigenvalue weighted by atomic mass is 127. The van der Waals surface area contributed by atoms with Crippen LogP contribution in [-0.2, 0) is 9.53 Å². The van der Waals surface area contributed by atoms with Gasteiger partial charge in [0, 0.05) is 26.2 Å². The zero-order valence-corrected chi connectivity index (χ0v) is 17.4. The first-order valence-corrected chi connectivity index (χ1v) is 8.04. The Bertz CT molecular complexity index is 449. The molecular formula is C15H28F3IN4O2. The Kier molecular flexibility index (Phi) is 10.7. The van der Waals surface area contributed by atoms with Crippen LogP contribution in [0.3, 0.4) is 0 Å². The summed E-state index contributed by atoms with van der Waals surface area (Å²) in [6.45, 7) is 5.20. The van der Waals surface area contributed by atoms with Gasteiger partial charge in [-0.1, -0.05) is 6.92 Å². The second kappa shape index (κ2) is 11.0. The minimum atomic E-state index is -4.21. The highest BCUT2D eigenvalue weighted by Crippen LogP contribution is 2.24. The van der Waals surface area contributed by atoms with Crippen LogP contribution in [0.25, 0.3) is 0 Å². The van der Waals surface area contributed by atoms with E-state index in [1.807, 2.05) is 18.7 Å². The molecule has 2 atom stereocenters. The fraction of sp³-hybridized carbons (Fsp3) is 0.867. The maximum absolute atomic E-state index is 12.3. The van der Waals surface area contributed by atoms with Crippen molar-refractivity contribution in [3.05, 3.63) is 0 Å². The molecule has 2 unspecified atom stereocenters. The number of nitrogens with zero attached hydrogens (tertiary/aromatic N) is 3. The lowest BCUT2D eigenvalue weighted by atomic mass is 9.99. The van der Waals surface area contributed by atoms with Crippen LogP contribution in [0.2, 0.25) is 0 Å². The molecule has 1 aliphatic heterocycles. The highest BCUT2D eigenvalue weighted by molar-refractivity contribution is 14.0. The van der Waals surface area contributed by atoms with E-state index in [1.165, 1.54) is 19.1 Å². The van der Waals surface area contributed by atoms with Crippen molar-refractivity contribution in [2.45, 2.75) is 20.0 Å². The van der Waals surface area contributed by atoms with Crippen molar-refractivity contribution in [3.63, 3.8) is 0 Å². The van der Waals surface area contributed by atoms with Crippen molar-refractivity contribution in [3.8, 4) is 0 Å². The third kappa shape index (κ3) is 8.43. The number of nitrogens with one attached hydrogen (secondary N) is 1. The number of likely N-dealkylation sites (tertiary alicyclic amines) is 1. The largest absolute Gasteiger partial charge is 0.469 e. The average Bonchev–Trinajstić information content (AvgIpc) is 2.85. The summed E-state index contributed by atoms with van der Waals surface area (Å²) in [5.41, 5.74) is 0. The molecular weight excluding hydrogens is 452 g/mol. The van der Waals surface area contributed by atoms with Gasteiger partial charge in [0.25, 0.3) is 0 Å². The molecule has 1 saturated heterocycles. The molecule has 0 radical (unpaired) electrons. The number of ether oxygens (including phenoxy) is 1. The molecule has 0 aliphatic carbocycles. The maximum Gasteiger partial charge on any atom is 0.401 e. The normalized spacial score (nSPS) is 21.3. The number of likely N-dealkylation sites (N-methyl/N-ethyl adjacent to an activating group) is 1. The quantitative estimate of drug-likeness (QED) is 0.272. The average molecular weight is 480 g/mol. The molecule has 0 spiro atoms. The monoisotopic (exact) mass is 480 g/mol. The molecule has 0 aromatic carbocycles. The van der Waals surface area contributed by atoms with Gasteiger partial charge < -0.3 is 15.0 Å². The molecule has 0 bridgehead atoms. The molecule has 0 aromatic heterocycles. The van der Waals surface area contributed by atoms with Gasteiger partial charge in [0.2, 0.25) is 0 Å². The van der Waals surface area contributed by atoms with Gasteiger partial charge in [-0.25, -0.2) is 0 Å². The Hall–Kier alpha value is -0.780. The Morgan fingerprint density at radius 1 is 1.40 bits per heavy atom. The molecule has 148 valence electrons. The van der Waals surface area contributed by atoms with Gasteiger partial charge in [-0.2, -0.15) is 13.2 Å². The molecule has 1 rings (SSSR count). The van der Waals surface area contributed by atoms with E-state index in [4.69, 9.17) is 4.74 Å². The van der Waals surface area contributed by atoms with Gasteiger partial charge in [-0.05, 0) is 19.9 Å². The molecule has 1 aliphatic rings. The van der Waals surface area contributed by atoms with Crippen LogP contribution in [-0.4, -0.2) is 81.3 Å². The third-order valence-corrected chi connectivity index (χ3v) is 3.94. The van der Waals surface area contributed by atoms with Crippen LogP contribution in [0.5, 0.6) is 0 Å². The number of guanidine groups is 1. The van der Waals surface area contributed by atoms with Crippen molar-refractivity contribution in [1.82, 2.24) is 15.1 Å². The summed E-state index contributed by atoms with van der Waals surface area (Å²) in [5.74, 6) is 0.294. The number of methoxy groups -OCH3 is 1. The third-order valence-electron chi connectivity index (χ3n) is 3.94. The number of aliphatic imine (C=N–C) groups is 1. The van der Waals surface area contributed by atoms with Gasteiger partial charge in [0.05, 0.1) is 26.1 Å². The number of alkyl halides is 3. The van der Waals surface area contributed by atoms with Crippen molar-refractivity contribution in [2.24, 2.45) is 16.8 Å². The van der Waals surface area contributed by atoms with Gasteiger partial charge >= 0.3 is 12.1 Å². The molecule has 25 heavy (non-hydrogen) atoms. The van der Waals surface area contributed by atoms with Gasteiger partial charge in [0.1, 0.15) is 0 Å². The molecule has 0 amide bonds. The van der Waals surface area contributed by atoms with E-state index in [9.17, 15) is 18.0 Å². The molecule has 1 N–H and O–H groups in total. The minimum Gasteiger partial charge on any atom is -0.469 e. The molecule has 6 nitrogen and oxygen atoms in total. The predicted molar refractivity (Wildman–Crippen MR) is 101 cm³/mol. The number of esters is 1. The first-order valence-electron chi connectivity index (χ1n) is 8.04. The minimum absolute atomic E-state index is 0. The summed E-state index contributed by atoms with van der Waals surface area (Å²) in [6, 6.07) is 0. The Balaban J connectivity index is 0.00000576. The molecule has 0 saturated carbocycles. The molecule has 10 heteroatoms. The fourth-order valence-electron chi connectivity index (χ4n) is 2.74. The molecule has 1 heterocycles. The van der Waals surface area contributed by atoms with Crippen molar-refractivity contribution >= 4 is 35.9 Å². The van der Waals surface area contributed by atoms with E-state index in [1.54, 1.807) is 0 Å². The van der Waals surface area contributed by atoms with Crippen LogP contribution in [0.4, 0.5) is 13.2 Å². The van der Waals surface area contributed by atoms with E-state index in [-0.39, 0.29) is 54.9 Å². The lowest BCUT2D eigenvalue weighted by molar-refractivity contribution is -0.146. The van der Waals surface area contributed by atoms with Crippen molar-refractivity contribution < 1.29 is 22.7 Å². The standard InChI is InChI=1S/C15H27F3N4O2.HI/c1-5-19-14(20-6-7-21(3)10-15(16,17)18)22-8-11(2)12(9-22)13(23)24-4;/h11-12H,5-10H2,1-4H3,(H,19,20);1H. The van der Waals surface area contributed by atoms with Crippen LogP contribution in [0, 0.1) is 11.8 Å². The number of carbonyl (C=O) groups is 1. The Morgan fingerprint density at radius 3 is 2.56 bits per heavy atom. The summed E-state index contributed by atoms with van der Waals surface area (Å²) >= 11 is 0. The van der Waals surface area contributed by atoms with Crippen molar-refractivity contribution in [2.75, 3.05) is 53.4 Å². The fourth-order valence-corrected chi connectivity index (χ4v) is 2.74. The second-order valence-corrected chi connectivity index (χ2v) is 6.10. The smallest absolute Gasteiger partial charge is 0.401 e. The lowest BCUT2D eigenvalue weighted by Crippen LogP contribution is -2.41. The number of hydrogen-bond acceptors (Lipinski definition) is 4. The van der Waals surface area contributed by atoms with Gasteiger partial charge in [-0.3, -0.25) is 14.7 Å². The summed E-state index contributed by atoms with van der Waals surface area (Å²) in [6.07, 6.45) is -4.21. The lowest BCUT2D eigenvalue weighted by Gasteiger charge is -2.22. The molecule has 0 aromatic rings. The van der Waals surface area contributed by atoms with E-state index < -0.39 is 12.7 Å². The first kappa shape index (κ1) is 24.2.